The fourth-order valence-electron chi connectivity index (χ4n) is 1.50. The largest absolute Gasteiger partial charge is 0.397 e. The molecule has 1 heterocycles. The summed E-state index contributed by atoms with van der Waals surface area (Å²) in [7, 11) is -3.27. The molecular weight excluding hydrogens is 236 g/mol. The molecule has 0 atom stereocenters. The van der Waals surface area contributed by atoms with Crippen molar-refractivity contribution in [3.05, 3.63) is 42.6 Å². The Hall–Kier alpha value is -1.88. The van der Waals surface area contributed by atoms with Gasteiger partial charge in [-0.3, -0.25) is 4.98 Å². The lowest BCUT2D eigenvalue weighted by atomic mass is 10.1. The molecule has 2 N–H and O–H groups in total. The number of benzene rings is 1. The second kappa shape index (κ2) is 4.18. The SMILES string of the molecule is CS(=O)(=O)c1cnc(-c2ccccc2)c(N)c1. The smallest absolute Gasteiger partial charge is 0.177 e. The van der Waals surface area contributed by atoms with Crippen LogP contribution in [0.25, 0.3) is 11.3 Å². The van der Waals surface area contributed by atoms with Crippen molar-refractivity contribution in [2.24, 2.45) is 0 Å². The summed E-state index contributed by atoms with van der Waals surface area (Å²) in [4.78, 5) is 4.24. The summed E-state index contributed by atoms with van der Waals surface area (Å²) in [6, 6.07) is 10.8. The van der Waals surface area contributed by atoms with Gasteiger partial charge in [-0.2, -0.15) is 0 Å². The van der Waals surface area contributed by atoms with Gasteiger partial charge in [-0.25, -0.2) is 8.42 Å². The van der Waals surface area contributed by atoms with Crippen LogP contribution in [0.3, 0.4) is 0 Å². The molecule has 0 amide bonds. The Morgan fingerprint density at radius 3 is 2.35 bits per heavy atom. The third kappa shape index (κ3) is 2.45. The van der Waals surface area contributed by atoms with Crippen LogP contribution in [-0.2, 0) is 9.84 Å². The van der Waals surface area contributed by atoms with Crippen LogP contribution >= 0.6 is 0 Å². The van der Waals surface area contributed by atoms with Crippen molar-refractivity contribution in [3.63, 3.8) is 0 Å². The van der Waals surface area contributed by atoms with Crippen molar-refractivity contribution in [3.8, 4) is 11.3 Å². The molecule has 0 bridgehead atoms. The maximum atomic E-state index is 11.3. The average molecular weight is 248 g/mol. The standard InChI is InChI=1S/C12H12N2O2S/c1-17(15,16)10-7-11(13)12(14-8-10)9-5-3-2-4-6-9/h2-8H,13H2,1H3. The Bertz CT molecular complexity index is 637. The summed E-state index contributed by atoms with van der Waals surface area (Å²) in [6.07, 6.45) is 2.46. The van der Waals surface area contributed by atoms with E-state index in [9.17, 15) is 8.42 Å². The number of hydrogen-bond acceptors (Lipinski definition) is 4. The highest BCUT2D eigenvalue weighted by atomic mass is 32.2. The van der Waals surface area contributed by atoms with Gasteiger partial charge in [-0.1, -0.05) is 30.3 Å². The van der Waals surface area contributed by atoms with E-state index >= 15 is 0 Å². The van der Waals surface area contributed by atoms with Gasteiger partial charge in [0.2, 0.25) is 0 Å². The molecular formula is C12H12N2O2S. The molecule has 0 fully saturated rings. The first-order valence-corrected chi connectivity index (χ1v) is 6.88. The number of nitrogen functional groups attached to an aromatic ring is 1. The molecule has 88 valence electrons. The zero-order valence-electron chi connectivity index (χ0n) is 9.29. The van der Waals surface area contributed by atoms with Crippen molar-refractivity contribution >= 4 is 15.5 Å². The fraction of sp³-hybridized carbons (Fsp3) is 0.0833. The molecule has 0 spiro atoms. The zero-order valence-corrected chi connectivity index (χ0v) is 10.1. The Morgan fingerprint density at radius 2 is 1.82 bits per heavy atom. The first-order chi connectivity index (χ1) is 7.98. The van der Waals surface area contributed by atoms with E-state index in [1.54, 1.807) is 0 Å². The van der Waals surface area contributed by atoms with Crippen molar-refractivity contribution < 1.29 is 8.42 Å². The third-order valence-electron chi connectivity index (χ3n) is 2.37. The van der Waals surface area contributed by atoms with E-state index in [0.29, 0.717) is 11.4 Å². The van der Waals surface area contributed by atoms with E-state index in [4.69, 9.17) is 5.73 Å². The monoisotopic (exact) mass is 248 g/mol. The summed E-state index contributed by atoms with van der Waals surface area (Å²) in [5.41, 5.74) is 7.64. The first-order valence-electron chi connectivity index (χ1n) is 4.99. The summed E-state index contributed by atoms with van der Waals surface area (Å²) < 4.78 is 22.7. The number of pyridine rings is 1. The summed E-state index contributed by atoms with van der Waals surface area (Å²) in [6.45, 7) is 0. The first kappa shape index (κ1) is 11.6. The maximum Gasteiger partial charge on any atom is 0.177 e. The van der Waals surface area contributed by atoms with Gasteiger partial charge < -0.3 is 5.73 Å². The maximum absolute atomic E-state index is 11.3. The number of rotatable bonds is 2. The lowest BCUT2D eigenvalue weighted by Crippen LogP contribution is -2.01. The number of aromatic nitrogens is 1. The minimum Gasteiger partial charge on any atom is -0.397 e. The van der Waals surface area contributed by atoms with Crippen molar-refractivity contribution in [2.45, 2.75) is 4.90 Å². The van der Waals surface area contributed by atoms with Gasteiger partial charge in [-0.05, 0) is 6.07 Å². The van der Waals surface area contributed by atoms with E-state index in [0.717, 1.165) is 11.8 Å². The zero-order chi connectivity index (χ0) is 12.5. The molecule has 0 unspecified atom stereocenters. The highest BCUT2D eigenvalue weighted by molar-refractivity contribution is 7.90. The van der Waals surface area contributed by atoms with Gasteiger partial charge in [0.05, 0.1) is 16.3 Å². The molecule has 0 aliphatic rings. The van der Waals surface area contributed by atoms with Crippen molar-refractivity contribution in [2.75, 3.05) is 12.0 Å². The quantitative estimate of drug-likeness (QED) is 0.878. The lowest BCUT2D eigenvalue weighted by molar-refractivity contribution is 0.601. The molecule has 0 radical (unpaired) electrons. The molecule has 2 rings (SSSR count). The summed E-state index contributed by atoms with van der Waals surface area (Å²) in [5.74, 6) is 0. The normalized spacial score (nSPS) is 11.4. The van der Waals surface area contributed by atoms with Crippen LogP contribution in [0.15, 0.2) is 47.5 Å². The lowest BCUT2D eigenvalue weighted by Gasteiger charge is -2.06. The molecule has 2 aromatic rings. The highest BCUT2D eigenvalue weighted by Crippen LogP contribution is 2.25. The Labute approximate surface area is 100 Å². The molecule has 1 aromatic heterocycles. The predicted octanol–water partition coefficient (Wildman–Crippen LogP) is 1.73. The fourth-order valence-corrected chi connectivity index (χ4v) is 2.09. The van der Waals surface area contributed by atoms with E-state index in [-0.39, 0.29) is 4.90 Å². The molecule has 4 nitrogen and oxygen atoms in total. The molecule has 5 heteroatoms. The number of sulfone groups is 1. The van der Waals surface area contributed by atoms with Gasteiger partial charge in [-0.15, -0.1) is 0 Å². The van der Waals surface area contributed by atoms with Gasteiger partial charge in [0, 0.05) is 18.0 Å². The molecule has 0 aliphatic heterocycles. The average Bonchev–Trinajstić information content (AvgIpc) is 2.29. The molecule has 17 heavy (non-hydrogen) atoms. The van der Waals surface area contributed by atoms with Crippen LogP contribution in [0.4, 0.5) is 5.69 Å². The number of nitrogens with zero attached hydrogens (tertiary/aromatic N) is 1. The second-order valence-electron chi connectivity index (χ2n) is 3.75. The summed E-state index contributed by atoms with van der Waals surface area (Å²) in [5, 5.41) is 0. The number of nitrogens with two attached hydrogens (primary N) is 1. The Kier molecular flexibility index (Phi) is 2.85. The van der Waals surface area contributed by atoms with Crippen LogP contribution in [0.2, 0.25) is 0 Å². The minimum atomic E-state index is -3.27. The van der Waals surface area contributed by atoms with Gasteiger partial charge >= 0.3 is 0 Å². The minimum absolute atomic E-state index is 0.134. The van der Waals surface area contributed by atoms with Gasteiger partial charge in [0.15, 0.2) is 9.84 Å². The molecule has 0 saturated carbocycles. The van der Waals surface area contributed by atoms with Crippen LogP contribution in [0.5, 0.6) is 0 Å². The Morgan fingerprint density at radius 1 is 1.18 bits per heavy atom. The number of anilines is 1. The highest BCUT2D eigenvalue weighted by Gasteiger charge is 2.11. The van der Waals surface area contributed by atoms with Crippen LogP contribution in [0, 0.1) is 0 Å². The molecule has 0 aliphatic carbocycles. The van der Waals surface area contributed by atoms with Crippen LogP contribution < -0.4 is 5.73 Å². The van der Waals surface area contributed by atoms with Gasteiger partial charge in [0.25, 0.3) is 0 Å². The third-order valence-corrected chi connectivity index (χ3v) is 3.45. The molecule has 1 aromatic carbocycles. The number of hydrogen-bond donors (Lipinski definition) is 1. The predicted molar refractivity (Wildman–Crippen MR) is 67.2 cm³/mol. The van der Waals surface area contributed by atoms with Crippen LogP contribution in [-0.4, -0.2) is 19.7 Å². The topological polar surface area (TPSA) is 73.0 Å². The van der Waals surface area contributed by atoms with E-state index < -0.39 is 9.84 Å². The Balaban J connectivity index is 2.54. The second-order valence-corrected chi connectivity index (χ2v) is 5.76. The van der Waals surface area contributed by atoms with Crippen molar-refractivity contribution in [1.82, 2.24) is 4.98 Å². The van der Waals surface area contributed by atoms with E-state index in [2.05, 4.69) is 4.98 Å². The summed E-state index contributed by atoms with van der Waals surface area (Å²) >= 11 is 0. The van der Waals surface area contributed by atoms with Gasteiger partial charge in [0.1, 0.15) is 0 Å². The van der Waals surface area contributed by atoms with E-state index in [1.807, 2.05) is 30.3 Å². The van der Waals surface area contributed by atoms with Crippen LogP contribution in [0.1, 0.15) is 0 Å². The van der Waals surface area contributed by atoms with Crippen molar-refractivity contribution in [1.29, 1.82) is 0 Å². The van der Waals surface area contributed by atoms with E-state index in [1.165, 1.54) is 12.3 Å². The molecule has 0 saturated heterocycles.